The van der Waals surface area contributed by atoms with E-state index in [1.807, 2.05) is 25.1 Å². The topological polar surface area (TPSA) is 39.2 Å². The number of nitrogens with two attached hydrogens (primary N) is 1. The molecule has 0 aliphatic rings. The van der Waals surface area contributed by atoms with Crippen LogP contribution in [0.25, 0.3) is 11.1 Å². The molecule has 0 aliphatic carbocycles. The van der Waals surface area contributed by atoms with E-state index in [1.165, 1.54) is 5.56 Å². The number of rotatable bonds is 2. The first kappa shape index (κ1) is 9.03. The first-order valence-electron chi connectivity index (χ1n) is 4.64. The van der Waals surface area contributed by atoms with Crippen molar-refractivity contribution in [2.24, 2.45) is 5.73 Å². The van der Waals surface area contributed by atoms with Crippen molar-refractivity contribution in [1.29, 1.82) is 0 Å². The lowest BCUT2D eigenvalue weighted by Crippen LogP contribution is -1.98. The molecule has 72 valence electrons. The molecule has 1 aromatic heterocycles. The van der Waals surface area contributed by atoms with E-state index in [0.717, 1.165) is 16.7 Å². The van der Waals surface area contributed by atoms with Crippen molar-refractivity contribution < 1.29 is 4.42 Å². The molecular formula is C12H13NO. The van der Waals surface area contributed by atoms with E-state index in [1.54, 1.807) is 12.5 Å². The zero-order chi connectivity index (χ0) is 9.97. The van der Waals surface area contributed by atoms with Gasteiger partial charge in [-0.15, -0.1) is 0 Å². The second kappa shape index (κ2) is 3.68. The zero-order valence-electron chi connectivity index (χ0n) is 8.16. The lowest BCUT2D eigenvalue weighted by atomic mass is 10.00. The molecule has 0 saturated heterocycles. The number of hydrogen-bond acceptors (Lipinski definition) is 2. The van der Waals surface area contributed by atoms with Crippen LogP contribution in [0.5, 0.6) is 0 Å². The van der Waals surface area contributed by atoms with Crippen molar-refractivity contribution in [2.75, 3.05) is 0 Å². The Kier molecular flexibility index (Phi) is 2.37. The SMILES string of the molecule is Cc1cocc1-c1ccccc1CN. The first-order valence-corrected chi connectivity index (χ1v) is 4.64. The predicted molar refractivity (Wildman–Crippen MR) is 56.8 cm³/mol. The van der Waals surface area contributed by atoms with E-state index in [2.05, 4.69) is 6.07 Å². The summed E-state index contributed by atoms with van der Waals surface area (Å²) < 4.78 is 5.16. The highest BCUT2D eigenvalue weighted by Crippen LogP contribution is 2.27. The van der Waals surface area contributed by atoms with Gasteiger partial charge in [-0.1, -0.05) is 24.3 Å². The molecule has 0 radical (unpaired) electrons. The highest BCUT2D eigenvalue weighted by atomic mass is 16.3. The minimum Gasteiger partial charge on any atom is -0.472 e. The third kappa shape index (κ3) is 1.44. The fourth-order valence-electron chi connectivity index (χ4n) is 1.60. The fraction of sp³-hybridized carbons (Fsp3) is 0.167. The summed E-state index contributed by atoms with van der Waals surface area (Å²) in [7, 11) is 0. The number of benzene rings is 1. The summed E-state index contributed by atoms with van der Waals surface area (Å²) in [6.07, 6.45) is 3.52. The van der Waals surface area contributed by atoms with E-state index >= 15 is 0 Å². The molecule has 2 aromatic rings. The minimum absolute atomic E-state index is 0.556. The molecule has 2 nitrogen and oxygen atoms in total. The molecule has 1 heterocycles. The Hall–Kier alpha value is -1.54. The Morgan fingerprint density at radius 1 is 1.14 bits per heavy atom. The summed E-state index contributed by atoms with van der Waals surface area (Å²) in [5.74, 6) is 0. The number of furan rings is 1. The molecule has 0 saturated carbocycles. The van der Waals surface area contributed by atoms with E-state index in [-0.39, 0.29) is 0 Å². The Morgan fingerprint density at radius 3 is 2.57 bits per heavy atom. The fourth-order valence-corrected chi connectivity index (χ4v) is 1.60. The maximum Gasteiger partial charge on any atom is 0.0983 e. The molecule has 0 bridgehead atoms. The van der Waals surface area contributed by atoms with Gasteiger partial charge >= 0.3 is 0 Å². The normalized spacial score (nSPS) is 10.4. The molecule has 14 heavy (non-hydrogen) atoms. The van der Waals surface area contributed by atoms with Crippen LogP contribution in [-0.2, 0) is 6.54 Å². The van der Waals surface area contributed by atoms with Crippen LogP contribution in [0.4, 0.5) is 0 Å². The quantitative estimate of drug-likeness (QED) is 0.785. The summed E-state index contributed by atoms with van der Waals surface area (Å²) in [5.41, 5.74) is 10.3. The predicted octanol–water partition coefficient (Wildman–Crippen LogP) is 2.71. The second-order valence-electron chi connectivity index (χ2n) is 3.33. The van der Waals surface area contributed by atoms with Gasteiger partial charge in [0.1, 0.15) is 0 Å². The van der Waals surface area contributed by atoms with Gasteiger partial charge in [-0.25, -0.2) is 0 Å². The van der Waals surface area contributed by atoms with Crippen LogP contribution in [0.1, 0.15) is 11.1 Å². The van der Waals surface area contributed by atoms with Gasteiger partial charge in [-0.05, 0) is 23.6 Å². The lowest BCUT2D eigenvalue weighted by molar-refractivity contribution is 0.566. The smallest absolute Gasteiger partial charge is 0.0983 e. The highest BCUT2D eigenvalue weighted by Gasteiger charge is 2.07. The number of hydrogen-bond donors (Lipinski definition) is 1. The van der Waals surface area contributed by atoms with Gasteiger partial charge in [0, 0.05) is 12.1 Å². The zero-order valence-corrected chi connectivity index (χ0v) is 8.16. The summed E-state index contributed by atoms with van der Waals surface area (Å²) in [4.78, 5) is 0. The molecule has 0 amide bonds. The summed E-state index contributed by atoms with van der Waals surface area (Å²) in [6.45, 7) is 2.59. The molecule has 0 atom stereocenters. The molecule has 2 heteroatoms. The van der Waals surface area contributed by atoms with Gasteiger partial charge in [-0.3, -0.25) is 0 Å². The van der Waals surface area contributed by atoms with Gasteiger partial charge in [0.15, 0.2) is 0 Å². The Bertz CT molecular complexity index is 431. The lowest BCUT2D eigenvalue weighted by Gasteiger charge is -2.05. The largest absolute Gasteiger partial charge is 0.472 e. The average molecular weight is 187 g/mol. The molecule has 0 aliphatic heterocycles. The molecular weight excluding hydrogens is 174 g/mol. The van der Waals surface area contributed by atoms with E-state index in [0.29, 0.717) is 6.54 Å². The van der Waals surface area contributed by atoms with E-state index < -0.39 is 0 Å². The molecule has 2 rings (SSSR count). The van der Waals surface area contributed by atoms with Crippen molar-refractivity contribution in [1.82, 2.24) is 0 Å². The standard InChI is InChI=1S/C12H13NO/c1-9-7-14-8-12(9)11-5-3-2-4-10(11)6-13/h2-5,7-8H,6,13H2,1H3. The Balaban J connectivity index is 2.56. The van der Waals surface area contributed by atoms with Gasteiger partial charge in [0.2, 0.25) is 0 Å². The third-order valence-corrected chi connectivity index (χ3v) is 2.38. The van der Waals surface area contributed by atoms with Gasteiger partial charge in [0.05, 0.1) is 12.5 Å². The van der Waals surface area contributed by atoms with E-state index in [4.69, 9.17) is 10.2 Å². The van der Waals surface area contributed by atoms with Crippen LogP contribution < -0.4 is 5.73 Å². The van der Waals surface area contributed by atoms with Crippen LogP contribution in [0.2, 0.25) is 0 Å². The van der Waals surface area contributed by atoms with Gasteiger partial charge in [-0.2, -0.15) is 0 Å². The summed E-state index contributed by atoms with van der Waals surface area (Å²) >= 11 is 0. The van der Waals surface area contributed by atoms with Crippen molar-refractivity contribution in [3.05, 3.63) is 47.9 Å². The molecule has 1 aromatic carbocycles. The van der Waals surface area contributed by atoms with Crippen molar-refractivity contribution in [2.45, 2.75) is 13.5 Å². The summed E-state index contributed by atoms with van der Waals surface area (Å²) in [5, 5.41) is 0. The second-order valence-corrected chi connectivity index (χ2v) is 3.33. The van der Waals surface area contributed by atoms with Crippen molar-refractivity contribution in [3.63, 3.8) is 0 Å². The van der Waals surface area contributed by atoms with Gasteiger partial charge < -0.3 is 10.2 Å². The van der Waals surface area contributed by atoms with Crippen LogP contribution in [0.3, 0.4) is 0 Å². The minimum atomic E-state index is 0.556. The number of aryl methyl sites for hydroxylation is 1. The first-order chi connectivity index (χ1) is 6.83. The maximum atomic E-state index is 5.68. The summed E-state index contributed by atoms with van der Waals surface area (Å²) in [6, 6.07) is 8.13. The van der Waals surface area contributed by atoms with Crippen molar-refractivity contribution >= 4 is 0 Å². The van der Waals surface area contributed by atoms with Crippen LogP contribution >= 0.6 is 0 Å². The molecule has 0 fully saturated rings. The average Bonchev–Trinajstić information content (AvgIpc) is 2.64. The monoisotopic (exact) mass is 187 g/mol. The molecule has 0 spiro atoms. The van der Waals surface area contributed by atoms with Crippen LogP contribution in [0.15, 0.2) is 41.2 Å². The van der Waals surface area contributed by atoms with Crippen molar-refractivity contribution in [3.8, 4) is 11.1 Å². The Labute approximate surface area is 83.4 Å². The highest BCUT2D eigenvalue weighted by molar-refractivity contribution is 5.69. The van der Waals surface area contributed by atoms with Gasteiger partial charge in [0.25, 0.3) is 0 Å². The maximum absolute atomic E-state index is 5.68. The van der Waals surface area contributed by atoms with Crippen LogP contribution in [-0.4, -0.2) is 0 Å². The third-order valence-electron chi connectivity index (χ3n) is 2.38. The Morgan fingerprint density at radius 2 is 1.93 bits per heavy atom. The van der Waals surface area contributed by atoms with Crippen LogP contribution in [0, 0.1) is 6.92 Å². The van der Waals surface area contributed by atoms with E-state index in [9.17, 15) is 0 Å². The molecule has 0 unspecified atom stereocenters. The molecule has 2 N–H and O–H groups in total.